The van der Waals surface area contributed by atoms with E-state index in [9.17, 15) is 17.6 Å². The molecule has 1 aliphatic rings. The summed E-state index contributed by atoms with van der Waals surface area (Å²) in [5.74, 6) is -1.03. The summed E-state index contributed by atoms with van der Waals surface area (Å²) in [5.41, 5.74) is 0.484. The van der Waals surface area contributed by atoms with Gasteiger partial charge in [0.1, 0.15) is 22.2 Å². The van der Waals surface area contributed by atoms with Crippen LogP contribution >= 0.6 is 11.6 Å². The fourth-order valence-corrected chi connectivity index (χ4v) is 5.30. The summed E-state index contributed by atoms with van der Waals surface area (Å²) < 4.78 is 51.2. The Kier molecular flexibility index (Phi) is 6.84. The molecule has 0 aliphatic carbocycles. The average Bonchev–Trinajstić information content (AvgIpc) is 2.74. The number of methoxy groups -OCH3 is 2. The molecule has 1 heterocycles. The zero-order valence-corrected chi connectivity index (χ0v) is 18.1. The van der Waals surface area contributed by atoms with Crippen LogP contribution in [0.3, 0.4) is 0 Å². The molecule has 1 aliphatic heterocycles. The number of carbonyl (C=O) groups is 1. The van der Waals surface area contributed by atoms with E-state index in [-0.39, 0.29) is 29.6 Å². The number of halogens is 2. The number of piperidine rings is 1. The highest BCUT2D eigenvalue weighted by atomic mass is 35.5. The average molecular weight is 457 g/mol. The first-order chi connectivity index (χ1) is 14.3. The van der Waals surface area contributed by atoms with Crippen molar-refractivity contribution in [2.24, 2.45) is 5.92 Å². The second kappa shape index (κ2) is 9.20. The van der Waals surface area contributed by atoms with Crippen molar-refractivity contribution >= 4 is 33.2 Å². The molecule has 0 unspecified atom stereocenters. The number of anilines is 1. The Labute approximate surface area is 179 Å². The van der Waals surface area contributed by atoms with Crippen LogP contribution in [0.15, 0.2) is 41.3 Å². The highest BCUT2D eigenvalue weighted by Gasteiger charge is 2.35. The van der Waals surface area contributed by atoms with Gasteiger partial charge in [-0.3, -0.25) is 4.79 Å². The fourth-order valence-electron chi connectivity index (χ4n) is 3.35. The lowest BCUT2D eigenvalue weighted by molar-refractivity contribution is -0.120. The van der Waals surface area contributed by atoms with Gasteiger partial charge in [-0.2, -0.15) is 4.31 Å². The monoisotopic (exact) mass is 456 g/mol. The van der Waals surface area contributed by atoms with E-state index < -0.39 is 21.8 Å². The Bertz CT molecular complexity index is 1050. The summed E-state index contributed by atoms with van der Waals surface area (Å²) in [6, 6.07) is 8.17. The van der Waals surface area contributed by atoms with Crippen LogP contribution in [0.4, 0.5) is 10.1 Å². The van der Waals surface area contributed by atoms with Crippen molar-refractivity contribution in [1.29, 1.82) is 0 Å². The Morgan fingerprint density at radius 3 is 2.53 bits per heavy atom. The van der Waals surface area contributed by atoms with Crippen LogP contribution in [0.2, 0.25) is 5.02 Å². The quantitative estimate of drug-likeness (QED) is 0.718. The second-order valence-electron chi connectivity index (χ2n) is 6.84. The third-order valence-corrected chi connectivity index (χ3v) is 7.10. The molecule has 0 saturated carbocycles. The molecule has 0 bridgehead atoms. The number of carbonyl (C=O) groups excluding carboxylic acids is 1. The third kappa shape index (κ3) is 4.69. The van der Waals surface area contributed by atoms with Crippen molar-refractivity contribution in [2.45, 2.75) is 17.7 Å². The lowest BCUT2D eigenvalue weighted by Gasteiger charge is -2.31. The van der Waals surface area contributed by atoms with Crippen molar-refractivity contribution in [2.75, 3.05) is 32.6 Å². The van der Waals surface area contributed by atoms with Gasteiger partial charge in [-0.25, -0.2) is 12.8 Å². The van der Waals surface area contributed by atoms with E-state index in [0.29, 0.717) is 29.3 Å². The Balaban J connectivity index is 1.77. The van der Waals surface area contributed by atoms with Gasteiger partial charge < -0.3 is 14.8 Å². The van der Waals surface area contributed by atoms with Crippen LogP contribution in [-0.4, -0.2) is 45.9 Å². The van der Waals surface area contributed by atoms with Gasteiger partial charge in [0.25, 0.3) is 0 Å². The van der Waals surface area contributed by atoms with Crippen LogP contribution in [0.5, 0.6) is 11.5 Å². The van der Waals surface area contributed by atoms with Crippen LogP contribution in [0.1, 0.15) is 12.8 Å². The molecule has 1 amide bonds. The van der Waals surface area contributed by atoms with Crippen LogP contribution < -0.4 is 14.8 Å². The van der Waals surface area contributed by atoms with E-state index in [4.69, 9.17) is 21.1 Å². The Hall–Kier alpha value is -2.36. The first-order valence-corrected chi connectivity index (χ1v) is 11.1. The molecule has 162 valence electrons. The van der Waals surface area contributed by atoms with Crippen LogP contribution in [0.25, 0.3) is 0 Å². The summed E-state index contributed by atoms with van der Waals surface area (Å²) in [7, 11) is -1.22. The first kappa shape index (κ1) is 22.3. The summed E-state index contributed by atoms with van der Waals surface area (Å²) in [6.07, 6.45) is 1.03. The van der Waals surface area contributed by atoms with Gasteiger partial charge in [0.05, 0.1) is 25.2 Å². The molecule has 0 aromatic heterocycles. The van der Waals surface area contributed by atoms with Gasteiger partial charge in [0, 0.05) is 18.8 Å². The maximum atomic E-state index is 13.7. The molecule has 1 atom stereocenters. The molecule has 30 heavy (non-hydrogen) atoms. The molecular formula is C20H22ClFN2O5S. The molecule has 3 rings (SSSR count). The van der Waals surface area contributed by atoms with Crippen molar-refractivity contribution in [3.05, 3.63) is 47.2 Å². The SMILES string of the molecule is COc1ccc(NC(=O)[C@H]2CCCN(S(=O)(=O)c3cc(F)ccc3OC)C2)cc1Cl. The lowest BCUT2D eigenvalue weighted by Crippen LogP contribution is -2.43. The summed E-state index contributed by atoms with van der Waals surface area (Å²) >= 11 is 6.08. The molecule has 2 aromatic carbocycles. The number of nitrogens with zero attached hydrogens (tertiary/aromatic N) is 1. The number of hydrogen-bond acceptors (Lipinski definition) is 5. The minimum atomic E-state index is -4.03. The normalized spacial score (nSPS) is 17.4. The van der Waals surface area contributed by atoms with Crippen molar-refractivity contribution in [1.82, 2.24) is 4.31 Å². The molecule has 1 saturated heterocycles. The zero-order chi connectivity index (χ0) is 21.9. The van der Waals surface area contributed by atoms with Crippen molar-refractivity contribution in [3.8, 4) is 11.5 Å². The predicted octanol–water partition coefficient (Wildman–Crippen LogP) is 3.54. The second-order valence-corrected chi connectivity index (χ2v) is 9.15. The maximum Gasteiger partial charge on any atom is 0.246 e. The van der Waals surface area contributed by atoms with E-state index in [2.05, 4.69) is 5.32 Å². The summed E-state index contributed by atoms with van der Waals surface area (Å²) in [5, 5.41) is 3.11. The van der Waals surface area contributed by atoms with Gasteiger partial charge >= 0.3 is 0 Å². The van der Waals surface area contributed by atoms with Crippen LogP contribution in [-0.2, 0) is 14.8 Å². The van der Waals surface area contributed by atoms with Gasteiger partial charge in [-0.05, 0) is 49.2 Å². The van der Waals surface area contributed by atoms with Gasteiger partial charge in [-0.1, -0.05) is 11.6 Å². The number of amides is 1. The Morgan fingerprint density at radius 1 is 1.17 bits per heavy atom. The standard InChI is InChI=1S/C20H22ClFN2O5S/c1-28-17-8-6-15(11-16(17)21)23-20(25)13-4-3-9-24(12-13)30(26,27)19-10-14(22)5-7-18(19)29-2/h5-8,10-11,13H,3-4,9,12H2,1-2H3,(H,23,25)/t13-/m0/s1. The summed E-state index contributed by atoms with van der Waals surface area (Å²) in [4.78, 5) is 12.5. The van der Waals surface area contributed by atoms with E-state index >= 15 is 0 Å². The minimum Gasteiger partial charge on any atom is -0.495 e. The first-order valence-electron chi connectivity index (χ1n) is 9.24. The third-order valence-electron chi connectivity index (χ3n) is 4.92. The Morgan fingerprint density at radius 2 is 1.87 bits per heavy atom. The van der Waals surface area contributed by atoms with Gasteiger partial charge in [0.15, 0.2) is 0 Å². The number of sulfonamides is 1. The minimum absolute atomic E-state index is 0.0161. The van der Waals surface area contributed by atoms with E-state index in [1.807, 2.05) is 0 Å². The van der Waals surface area contributed by atoms with Gasteiger partial charge in [0.2, 0.25) is 15.9 Å². The largest absolute Gasteiger partial charge is 0.495 e. The number of nitrogens with one attached hydrogen (secondary N) is 1. The molecule has 0 spiro atoms. The molecular weight excluding hydrogens is 435 g/mol. The predicted molar refractivity (Wildman–Crippen MR) is 111 cm³/mol. The topological polar surface area (TPSA) is 84.9 Å². The number of ether oxygens (including phenoxy) is 2. The molecule has 1 N–H and O–H groups in total. The molecule has 0 radical (unpaired) electrons. The zero-order valence-electron chi connectivity index (χ0n) is 16.5. The van der Waals surface area contributed by atoms with E-state index in [1.165, 1.54) is 24.6 Å². The molecule has 1 fully saturated rings. The number of rotatable bonds is 6. The highest BCUT2D eigenvalue weighted by Crippen LogP contribution is 2.31. The van der Waals surface area contributed by atoms with E-state index in [0.717, 1.165) is 12.1 Å². The molecule has 7 nitrogen and oxygen atoms in total. The van der Waals surface area contributed by atoms with E-state index in [1.54, 1.807) is 18.2 Å². The van der Waals surface area contributed by atoms with Crippen LogP contribution in [0, 0.1) is 11.7 Å². The van der Waals surface area contributed by atoms with Gasteiger partial charge in [-0.15, -0.1) is 0 Å². The molecule has 10 heteroatoms. The van der Waals surface area contributed by atoms with Crippen molar-refractivity contribution in [3.63, 3.8) is 0 Å². The summed E-state index contributed by atoms with van der Waals surface area (Å²) in [6.45, 7) is 0.220. The number of hydrogen-bond donors (Lipinski definition) is 1. The van der Waals surface area contributed by atoms with Crippen molar-refractivity contribution < 1.29 is 27.1 Å². The lowest BCUT2D eigenvalue weighted by atomic mass is 9.98. The molecule has 2 aromatic rings. The smallest absolute Gasteiger partial charge is 0.246 e. The highest BCUT2D eigenvalue weighted by molar-refractivity contribution is 7.89. The number of benzene rings is 2. The fraction of sp³-hybridized carbons (Fsp3) is 0.350. The maximum absolute atomic E-state index is 13.7.